The number of likely N-dealkylation sites (tertiary alicyclic amines) is 1. The average Bonchev–Trinajstić information content (AvgIpc) is 3.14. The lowest BCUT2D eigenvalue weighted by molar-refractivity contribution is -0.132. The maximum atomic E-state index is 13.2. The Labute approximate surface area is 153 Å². The second-order valence-corrected chi connectivity index (χ2v) is 6.75. The number of ether oxygens (including phenoxy) is 1. The van der Waals surface area contributed by atoms with E-state index in [9.17, 15) is 9.18 Å². The van der Waals surface area contributed by atoms with Gasteiger partial charge in [0.25, 0.3) is 5.91 Å². The van der Waals surface area contributed by atoms with Crippen molar-refractivity contribution in [3.63, 3.8) is 0 Å². The molecule has 1 aliphatic rings. The number of aliphatic hydroxyl groups is 1. The summed E-state index contributed by atoms with van der Waals surface area (Å²) in [6.45, 7) is 1.50. The Kier molecular flexibility index (Phi) is 6.23. The van der Waals surface area contributed by atoms with Crippen LogP contribution in [0.4, 0.5) is 4.39 Å². The third-order valence-electron chi connectivity index (χ3n) is 4.84. The van der Waals surface area contributed by atoms with Crippen molar-refractivity contribution in [1.82, 2.24) is 4.90 Å². The Morgan fingerprint density at radius 1 is 1.19 bits per heavy atom. The van der Waals surface area contributed by atoms with Crippen LogP contribution in [-0.4, -0.2) is 35.6 Å². The molecule has 1 saturated heterocycles. The van der Waals surface area contributed by atoms with Gasteiger partial charge in [-0.1, -0.05) is 24.3 Å². The number of hydrogen-bond donors (Lipinski definition) is 1. The molecule has 0 aromatic heterocycles. The molecule has 5 heteroatoms. The maximum Gasteiger partial charge on any atom is 0.260 e. The van der Waals surface area contributed by atoms with Crippen LogP contribution in [0.5, 0.6) is 5.75 Å². The lowest BCUT2D eigenvalue weighted by atomic mass is 9.99. The lowest BCUT2D eigenvalue weighted by Crippen LogP contribution is -2.33. The van der Waals surface area contributed by atoms with E-state index in [1.165, 1.54) is 6.07 Å². The largest absolute Gasteiger partial charge is 0.484 e. The molecule has 1 heterocycles. The van der Waals surface area contributed by atoms with Gasteiger partial charge >= 0.3 is 0 Å². The van der Waals surface area contributed by atoms with E-state index in [1.54, 1.807) is 36.4 Å². The number of amides is 1. The van der Waals surface area contributed by atoms with Crippen LogP contribution < -0.4 is 4.74 Å². The first-order chi connectivity index (χ1) is 12.6. The minimum Gasteiger partial charge on any atom is -0.484 e. The van der Waals surface area contributed by atoms with Gasteiger partial charge in [-0.05, 0) is 60.6 Å². The first-order valence-electron chi connectivity index (χ1n) is 8.99. The smallest absolute Gasteiger partial charge is 0.260 e. The van der Waals surface area contributed by atoms with Crippen LogP contribution in [0.25, 0.3) is 0 Å². The molecular weight excluding hydrogens is 333 g/mol. The molecule has 1 aliphatic heterocycles. The third kappa shape index (κ3) is 5.05. The fourth-order valence-corrected chi connectivity index (χ4v) is 3.29. The van der Waals surface area contributed by atoms with E-state index in [-0.39, 0.29) is 24.9 Å². The second-order valence-electron chi connectivity index (χ2n) is 6.75. The van der Waals surface area contributed by atoms with E-state index in [4.69, 9.17) is 9.84 Å². The predicted octanol–water partition coefficient (Wildman–Crippen LogP) is 3.18. The molecule has 0 radical (unpaired) electrons. The van der Waals surface area contributed by atoms with Gasteiger partial charge in [0.05, 0.1) is 6.61 Å². The van der Waals surface area contributed by atoms with Crippen molar-refractivity contribution in [2.45, 2.75) is 25.9 Å². The first-order valence-corrected chi connectivity index (χ1v) is 8.99. The van der Waals surface area contributed by atoms with Gasteiger partial charge in [-0.15, -0.1) is 0 Å². The van der Waals surface area contributed by atoms with Gasteiger partial charge < -0.3 is 14.7 Å². The van der Waals surface area contributed by atoms with Gasteiger partial charge in [-0.2, -0.15) is 0 Å². The molecule has 1 fully saturated rings. The van der Waals surface area contributed by atoms with E-state index in [0.717, 1.165) is 43.5 Å². The monoisotopic (exact) mass is 357 g/mol. The van der Waals surface area contributed by atoms with E-state index in [2.05, 4.69) is 0 Å². The Morgan fingerprint density at radius 3 is 2.73 bits per heavy atom. The summed E-state index contributed by atoms with van der Waals surface area (Å²) < 4.78 is 18.8. The van der Waals surface area contributed by atoms with E-state index in [1.807, 2.05) is 11.0 Å². The number of halogens is 1. The highest BCUT2D eigenvalue weighted by molar-refractivity contribution is 5.78. The number of rotatable bonds is 7. The standard InChI is InChI=1S/C21H24FNO3/c22-19-3-1-2-16(12-19)4-5-17-10-11-23(13-17)21(25)15-26-20-8-6-18(14-24)7-9-20/h1-3,6-9,12,17,24H,4-5,10-11,13-15H2. The van der Waals surface area contributed by atoms with Crippen LogP contribution in [0.1, 0.15) is 24.0 Å². The molecule has 4 nitrogen and oxygen atoms in total. The molecule has 2 aromatic carbocycles. The van der Waals surface area contributed by atoms with Gasteiger partial charge in [0.1, 0.15) is 11.6 Å². The van der Waals surface area contributed by atoms with Crippen molar-refractivity contribution >= 4 is 5.91 Å². The van der Waals surface area contributed by atoms with Crippen molar-refractivity contribution in [2.75, 3.05) is 19.7 Å². The van der Waals surface area contributed by atoms with Crippen LogP contribution in [0, 0.1) is 11.7 Å². The summed E-state index contributed by atoms with van der Waals surface area (Å²) in [5.41, 5.74) is 1.81. The number of aliphatic hydroxyl groups excluding tert-OH is 1. The highest BCUT2D eigenvalue weighted by Gasteiger charge is 2.26. The molecule has 1 atom stereocenters. The van der Waals surface area contributed by atoms with Gasteiger partial charge in [0.15, 0.2) is 6.61 Å². The van der Waals surface area contributed by atoms with Crippen LogP contribution in [0.2, 0.25) is 0 Å². The van der Waals surface area contributed by atoms with Crippen LogP contribution >= 0.6 is 0 Å². The van der Waals surface area contributed by atoms with E-state index in [0.29, 0.717) is 11.7 Å². The summed E-state index contributed by atoms with van der Waals surface area (Å²) in [5, 5.41) is 9.02. The number of carbonyl (C=O) groups is 1. The molecular formula is C21H24FNO3. The highest BCUT2D eigenvalue weighted by atomic mass is 19.1. The number of hydrogen-bond acceptors (Lipinski definition) is 3. The zero-order chi connectivity index (χ0) is 18.4. The normalized spacial score (nSPS) is 16.7. The minimum absolute atomic E-state index is 0.00973. The van der Waals surface area contributed by atoms with Crippen molar-refractivity contribution in [3.8, 4) is 5.75 Å². The minimum atomic E-state index is -0.199. The molecule has 0 spiro atoms. The van der Waals surface area contributed by atoms with Crippen molar-refractivity contribution < 1.29 is 19.0 Å². The van der Waals surface area contributed by atoms with Gasteiger partial charge in [-0.3, -0.25) is 4.79 Å². The fourth-order valence-electron chi connectivity index (χ4n) is 3.29. The van der Waals surface area contributed by atoms with Crippen molar-refractivity contribution in [2.24, 2.45) is 5.92 Å². The summed E-state index contributed by atoms with van der Waals surface area (Å²) in [7, 11) is 0. The van der Waals surface area contributed by atoms with Crippen LogP contribution in [-0.2, 0) is 17.8 Å². The van der Waals surface area contributed by atoms with Crippen molar-refractivity contribution in [3.05, 3.63) is 65.5 Å². The molecule has 1 N–H and O–H groups in total. The first kappa shape index (κ1) is 18.4. The highest BCUT2D eigenvalue weighted by Crippen LogP contribution is 2.22. The average molecular weight is 357 g/mol. The molecule has 1 amide bonds. The van der Waals surface area contributed by atoms with Crippen LogP contribution in [0.3, 0.4) is 0 Å². The number of benzene rings is 2. The van der Waals surface area contributed by atoms with Crippen LogP contribution in [0.15, 0.2) is 48.5 Å². The summed E-state index contributed by atoms with van der Waals surface area (Å²) in [5.74, 6) is 0.864. The quantitative estimate of drug-likeness (QED) is 0.828. The molecule has 0 bridgehead atoms. The summed E-state index contributed by atoms with van der Waals surface area (Å²) in [4.78, 5) is 14.2. The molecule has 0 saturated carbocycles. The van der Waals surface area contributed by atoms with Gasteiger partial charge in [0.2, 0.25) is 0 Å². The molecule has 138 valence electrons. The topological polar surface area (TPSA) is 49.8 Å². The molecule has 1 unspecified atom stereocenters. The predicted molar refractivity (Wildman–Crippen MR) is 97.3 cm³/mol. The summed E-state index contributed by atoms with van der Waals surface area (Å²) >= 11 is 0. The zero-order valence-electron chi connectivity index (χ0n) is 14.7. The number of carbonyl (C=O) groups excluding carboxylic acids is 1. The fraction of sp³-hybridized carbons (Fsp3) is 0.381. The number of aryl methyl sites for hydroxylation is 1. The maximum absolute atomic E-state index is 13.2. The second kappa shape index (κ2) is 8.81. The Hall–Kier alpha value is -2.40. The van der Waals surface area contributed by atoms with Crippen molar-refractivity contribution in [1.29, 1.82) is 0 Å². The zero-order valence-corrected chi connectivity index (χ0v) is 14.7. The Balaban J connectivity index is 1.41. The molecule has 3 rings (SSSR count). The molecule has 0 aliphatic carbocycles. The Bertz CT molecular complexity index is 732. The number of nitrogens with zero attached hydrogens (tertiary/aromatic N) is 1. The lowest BCUT2D eigenvalue weighted by Gasteiger charge is -2.17. The van der Waals surface area contributed by atoms with Gasteiger partial charge in [-0.25, -0.2) is 4.39 Å². The van der Waals surface area contributed by atoms with E-state index < -0.39 is 0 Å². The van der Waals surface area contributed by atoms with Gasteiger partial charge in [0, 0.05) is 13.1 Å². The molecule has 2 aromatic rings. The summed E-state index contributed by atoms with van der Waals surface area (Å²) in [6, 6.07) is 13.8. The molecule has 26 heavy (non-hydrogen) atoms. The summed E-state index contributed by atoms with van der Waals surface area (Å²) in [6.07, 6.45) is 2.77. The SMILES string of the molecule is O=C(COc1ccc(CO)cc1)N1CCC(CCc2cccc(F)c2)C1. The third-order valence-corrected chi connectivity index (χ3v) is 4.84. The van der Waals surface area contributed by atoms with E-state index >= 15 is 0 Å². The Morgan fingerprint density at radius 2 is 2.00 bits per heavy atom.